The fourth-order valence-corrected chi connectivity index (χ4v) is 3.99. The van der Waals surface area contributed by atoms with Crippen LogP contribution in [-0.4, -0.2) is 19.2 Å². The van der Waals surface area contributed by atoms with Crippen molar-refractivity contribution in [3.8, 4) is 16.9 Å². The normalized spacial score (nSPS) is 15.8. The number of benzene rings is 2. The van der Waals surface area contributed by atoms with Crippen molar-refractivity contribution in [3.05, 3.63) is 76.5 Å². The van der Waals surface area contributed by atoms with Crippen molar-refractivity contribution in [2.24, 2.45) is 0 Å². The molecular weight excluding hydrogens is 350 g/mol. The molecule has 0 unspecified atom stereocenters. The van der Waals surface area contributed by atoms with Crippen LogP contribution in [0.1, 0.15) is 10.4 Å². The van der Waals surface area contributed by atoms with Crippen molar-refractivity contribution in [1.29, 1.82) is 0 Å². The molecule has 0 bridgehead atoms. The quantitative estimate of drug-likeness (QED) is 0.683. The Hall–Kier alpha value is -1.81. The van der Waals surface area contributed by atoms with Crippen molar-refractivity contribution in [2.45, 2.75) is 18.9 Å². The van der Waals surface area contributed by atoms with Crippen molar-refractivity contribution < 1.29 is 4.74 Å². The average molecular weight is 372 g/mol. The van der Waals surface area contributed by atoms with Gasteiger partial charge in [0, 0.05) is 23.0 Å². The minimum absolute atomic E-state index is 0. The molecule has 2 aromatic carbocycles. The zero-order valence-electron chi connectivity index (χ0n) is 14.0. The fourth-order valence-electron chi connectivity index (χ4n) is 3.28. The molecule has 2 heterocycles. The van der Waals surface area contributed by atoms with E-state index in [-0.39, 0.29) is 12.4 Å². The van der Waals surface area contributed by atoms with E-state index in [0.29, 0.717) is 6.04 Å². The Bertz CT molecular complexity index is 789. The van der Waals surface area contributed by atoms with E-state index in [9.17, 15) is 0 Å². The minimum Gasteiger partial charge on any atom is -0.492 e. The Kier molecular flexibility index (Phi) is 6.14. The second kappa shape index (κ2) is 8.52. The van der Waals surface area contributed by atoms with Gasteiger partial charge in [-0.1, -0.05) is 48.5 Å². The van der Waals surface area contributed by atoms with E-state index in [2.05, 4.69) is 71.4 Å². The Morgan fingerprint density at radius 1 is 1.00 bits per heavy atom. The van der Waals surface area contributed by atoms with Crippen molar-refractivity contribution in [1.82, 2.24) is 5.32 Å². The largest absolute Gasteiger partial charge is 0.492 e. The first-order chi connectivity index (χ1) is 11.9. The molecule has 1 aliphatic rings. The smallest absolute Gasteiger partial charge is 0.123 e. The molecule has 0 amide bonds. The molecule has 25 heavy (non-hydrogen) atoms. The zero-order valence-corrected chi connectivity index (χ0v) is 15.6. The molecule has 2 nitrogen and oxygen atoms in total. The third kappa shape index (κ3) is 4.24. The summed E-state index contributed by atoms with van der Waals surface area (Å²) in [6.07, 6.45) is 2.10. The van der Waals surface area contributed by atoms with Gasteiger partial charge in [0.1, 0.15) is 12.4 Å². The Morgan fingerprint density at radius 2 is 1.88 bits per heavy atom. The van der Waals surface area contributed by atoms with Gasteiger partial charge < -0.3 is 10.1 Å². The van der Waals surface area contributed by atoms with Crippen LogP contribution in [0.25, 0.3) is 11.1 Å². The number of ether oxygens (including phenoxy) is 1. The number of hydrogen-bond acceptors (Lipinski definition) is 3. The third-order valence-corrected chi connectivity index (χ3v) is 5.43. The molecule has 0 radical (unpaired) electrons. The molecule has 0 saturated heterocycles. The van der Waals surface area contributed by atoms with Crippen LogP contribution in [0, 0.1) is 0 Å². The lowest BCUT2D eigenvalue weighted by molar-refractivity contribution is 0.240. The lowest BCUT2D eigenvalue weighted by atomic mass is 9.93. The van der Waals surface area contributed by atoms with E-state index in [1.54, 1.807) is 0 Å². The molecule has 1 N–H and O–H groups in total. The number of nitrogens with one attached hydrogen (secondary N) is 1. The standard InChI is InChI=1S/C21H21NOS.ClH/c1-2-6-16(7-3-1)19-9-4-10-21-20(19)14-17(15-23-21)22-12-11-18-8-5-13-24-18;/h1-10,13,17,22H,11-12,14-15H2;1H/t17-;/m1./s1. The number of halogens is 1. The predicted molar refractivity (Wildman–Crippen MR) is 108 cm³/mol. The van der Waals surface area contributed by atoms with Crippen LogP contribution in [0.3, 0.4) is 0 Å². The monoisotopic (exact) mass is 371 g/mol. The van der Waals surface area contributed by atoms with Gasteiger partial charge in [0.15, 0.2) is 0 Å². The number of hydrogen-bond donors (Lipinski definition) is 1. The molecule has 4 heteroatoms. The van der Waals surface area contributed by atoms with E-state index in [1.165, 1.54) is 21.6 Å². The van der Waals surface area contributed by atoms with E-state index in [1.807, 2.05) is 11.3 Å². The van der Waals surface area contributed by atoms with Gasteiger partial charge in [0.2, 0.25) is 0 Å². The second-order valence-corrected chi connectivity index (χ2v) is 7.18. The fraction of sp³-hybridized carbons (Fsp3) is 0.238. The molecule has 130 valence electrons. The van der Waals surface area contributed by atoms with Crippen LogP contribution < -0.4 is 10.1 Å². The molecule has 1 atom stereocenters. The highest BCUT2D eigenvalue weighted by Gasteiger charge is 2.22. The van der Waals surface area contributed by atoms with Crippen molar-refractivity contribution >= 4 is 23.7 Å². The molecule has 1 aromatic heterocycles. The number of fused-ring (bicyclic) bond motifs is 1. The predicted octanol–water partition coefficient (Wildman–Crippen LogP) is 4.97. The molecule has 0 aliphatic carbocycles. The van der Waals surface area contributed by atoms with E-state index in [0.717, 1.165) is 31.7 Å². The van der Waals surface area contributed by atoms with Crippen molar-refractivity contribution in [3.63, 3.8) is 0 Å². The molecule has 4 rings (SSSR count). The Balaban J connectivity index is 0.00000182. The Morgan fingerprint density at radius 3 is 2.68 bits per heavy atom. The summed E-state index contributed by atoms with van der Waals surface area (Å²) in [6, 6.07) is 21.7. The molecule has 3 aromatic rings. The summed E-state index contributed by atoms with van der Waals surface area (Å²) >= 11 is 1.83. The lowest BCUT2D eigenvalue weighted by Gasteiger charge is -2.28. The van der Waals surface area contributed by atoms with Gasteiger partial charge in [-0.25, -0.2) is 0 Å². The number of thiophene rings is 1. The lowest BCUT2D eigenvalue weighted by Crippen LogP contribution is -2.40. The van der Waals surface area contributed by atoms with Gasteiger partial charge >= 0.3 is 0 Å². The first-order valence-electron chi connectivity index (χ1n) is 8.46. The van der Waals surface area contributed by atoms with Gasteiger partial charge in [-0.05, 0) is 41.5 Å². The summed E-state index contributed by atoms with van der Waals surface area (Å²) in [5, 5.41) is 5.80. The maximum atomic E-state index is 6.03. The van der Waals surface area contributed by atoms with Gasteiger partial charge in [-0.15, -0.1) is 23.7 Å². The van der Waals surface area contributed by atoms with E-state index < -0.39 is 0 Å². The van der Waals surface area contributed by atoms with E-state index in [4.69, 9.17) is 4.74 Å². The van der Waals surface area contributed by atoms with Crippen LogP contribution in [0.4, 0.5) is 0 Å². The number of rotatable bonds is 5. The maximum Gasteiger partial charge on any atom is 0.123 e. The van der Waals surface area contributed by atoms with Crippen LogP contribution in [0.15, 0.2) is 66.0 Å². The highest BCUT2D eigenvalue weighted by atomic mass is 35.5. The van der Waals surface area contributed by atoms with Gasteiger partial charge in [0.25, 0.3) is 0 Å². The molecule has 1 aliphatic heterocycles. The van der Waals surface area contributed by atoms with E-state index >= 15 is 0 Å². The highest BCUT2D eigenvalue weighted by Crippen LogP contribution is 2.34. The second-order valence-electron chi connectivity index (χ2n) is 6.14. The summed E-state index contributed by atoms with van der Waals surface area (Å²) < 4.78 is 6.03. The van der Waals surface area contributed by atoms with Crippen LogP contribution in [-0.2, 0) is 12.8 Å². The average Bonchev–Trinajstić information content (AvgIpc) is 3.15. The summed E-state index contributed by atoms with van der Waals surface area (Å²) in [5.74, 6) is 1.03. The van der Waals surface area contributed by atoms with Gasteiger partial charge in [0.05, 0.1) is 0 Å². The topological polar surface area (TPSA) is 21.3 Å². The summed E-state index contributed by atoms with van der Waals surface area (Å²) in [4.78, 5) is 1.43. The zero-order chi connectivity index (χ0) is 16.2. The first-order valence-corrected chi connectivity index (χ1v) is 9.34. The highest BCUT2D eigenvalue weighted by molar-refractivity contribution is 7.09. The molecular formula is C21H22ClNOS. The van der Waals surface area contributed by atoms with Crippen molar-refractivity contribution in [2.75, 3.05) is 13.2 Å². The van der Waals surface area contributed by atoms with Gasteiger partial charge in [-0.2, -0.15) is 0 Å². The van der Waals surface area contributed by atoms with Crippen LogP contribution in [0.5, 0.6) is 5.75 Å². The maximum absolute atomic E-state index is 6.03. The Labute approximate surface area is 159 Å². The molecule has 0 fully saturated rings. The summed E-state index contributed by atoms with van der Waals surface area (Å²) in [5.41, 5.74) is 3.87. The minimum atomic E-state index is 0. The van der Waals surface area contributed by atoms with Gasteiger partial charge in [-0.3, -0.25) is 0 Å². The van der Waals surface area contributed by atoms with Crippen LogP contribution >= 0.6 is 23.7 Å². The van der Waals surface area contributed by atoms with Crippen LogP contribution in [0.2, 0.25) is 0 Å². The third-order valence-electron chi connectivity index (χ3n) is 4.49. The molecule has 0 saturated carbocycles. The SMILES string of the molecule is Cl.c1ccc(-c2cccc3c2C[C@@H](NCCc2cccs2)CO3)cc1. The summed E-state index contributed by atoms with van der Waals surface area (Å²) in [6.45, 7) is 1.74. The first kappa shape index (κ1) is 18.0. The summed E-state index contributed by atoms with van der Waals surface area (Å²) in [7, 11) is 0. The molecule has 0 spiro atoms.